The molecule has 1 aliphatic rings. The second-order valence-corrected chi connectivity index (χ2v) is 5.95. The molecule has 0 bridgehead atoms. The van der Waals surface area contributed by atoms with E-state index in [0.29, 0.717) is 12.6 Å². The van der Waals surface area contributed by atoms with Crippen LogP contribution in [0.25, 0.3) is 0 Å². The van der Waals surface area contributed by atoms with Crippen LogP contribution >= 0.6 is 0 Å². The first-order valence-electron chi connectivity index (χ1n) is 7.31. The van der Waals surface area contributed by atoms with Crippen LogP contribution in [-0.4, -0.2) is 29.6 Å². The van der Waals surface area contributed by atoms with Gasteiger partial charge in [-0.1, -0.05) is 31.9 Å². The Balaban J connectivity index is 1.94. The molecule has 1 aromatic rings. The normalized spacial score (nSPS) is 25.5. The van der Waals surface area contributed by atoms with Crippen molar-refractivity contribution in [2.24, 2.45) is 5.92 Å². The van der Waals surface area contributed by atoms with Gasteiger partial charge in [-0.15, -0.1) is 0 Å². The number of nitrogens with zero attached hydrogens (tertiary/aromatic N) is 1. The predicted octanol–water partition coefficient (Wildman–Crippen LogP) is 2.81. The number of aliphatic hydroxyl groups is 1. The standard InChI is InChI=1S/C16H26N2O/c1-12-5-3-4-6-15(12)18(2)11-16(19)13-7-9-14(17)10-8-13/h7-10,12,15-16,19H,3-6,11,17H2,1-2H3. The third-order valence-electron chi connectivity index (χ3n) is 4.41. The van der Waals surface area contributed by atoms with Gasteiger partial charge in [0.1, 0.15) is 0 Å². The molecule has 3 heteroatoms. The quantitative estimate of drug-likeness (QED) is 0.820. The number of nitrogens with two attached hydrogens (primary N) is 1. The Hall–Kier alpha value is -1.06. The Labute approximate surface area is 116 Å². The molecule has 0 heterocycles. The third-order valence-corrected chi connectivity index (χ3v) is 4.41. The summed E-state index contributed by atoms with van der Waals surface area (Å²) >= 11 is 0. The number of rotatable bonds is 4. The number of hydrogen-bond acceptors (Lipinski definition) is 3. The Bertz CT molecular complexity index is 390. The Morgan fingerprint density at radius 1 is 1.26 bits per heavy atom. The number of likely N-dealkylation sites (N-methyl/N-ethyl adjacent to an activating group) is 1. The van der Waals surface area contributed by atoms with Crippen molar-refractivity contribution in [2.45, 2.75) is 44.8 Å². The van der Waals surface area contributed by atoms with E-state index >= 15 is 0 Å². The maximum atomic E-state index is 10.3. The summed E-state index contributed by atoms with van der Waals surface area (Å²) in [6.07, 6.45) is 4.81. The lowest BCUT2D eigenvalue weighted by Crippen LogP contribution is -2.41. The van der Waals surface area contributed by atoms with Crippen LogP contribution in [0.5, 0.6) is 0 Å². The van der Waals surface area contributed by atoms with Gasteiger partial charge in [0.25, 0.3) is 0 Å². The zero-order valence-corrected chi connectivity index (χ0v) is 12.0. The first kappa shape index (κ1) is 14.4. The third kappa shape index (κ3) is 3.71. The largest absolute Gasteiger partial charge is 0.399 e. The highest BCUT2D eigenvalue weighted by atomic mass is 16.3. The van der Waals surface area contributed by atoms with Crippen LogP contribution in [0.15, 0.2) is 24.3 Å². The number of hydrogen-bond donors (Lipinski definition) is 2. The molecule has 106 valence electrons. The van der Waals surface area contributed by atoms with Crippen LogP contribution < -0.4 is 5.73 Å². The molecule has 0 amide bonds. The van der Waals surface area contributed by atoms with E-state index < -0.39 is 6.10 Å². The Kier molecular flexibility index (Phi) is 4.83. The van der Waals surface area contributed by atoms with Gasteiger partial charge in [0, 0.05) is 18.3 Å². The summed E-state index contributed by atoms with van der Waals surface area (Å²) in [7, 11) is 2.13. The van der Waals surface area contributed by atoms with E-state index in [4.69, 9.17) is 5.73 Å². The van der Waals surface area contributed by atoms with E-state index in [1.54, 1.807) is 0 Å². The highest BCUT2D eigenvalue weighted by Gasteiger charge is 2.26. The van der Waals surface area contributed by atoms with Crippen molar-refractivity contribution in [1.82, 2.24) is 4.90 Å². The van der Waals surface area contributed by atoms with Gasteiger partial charge in [0.15, 0.2) is 0 Å². The van der Waals surface area contributed by atoms with Crippen molar-refractivity contribution in [3.05, 3.63) is 29.8 Å². The number of nitrogen functional groups attached to an aromatic ring is 1. The summed E-state index contributed by atoms with van der Waals surface area (Å²) in [6.45, 7) is 3.02. The molecule has 1 aliphatic carbocycles. The molecule has 0 radical (unpaired) electrons. The summed E-state index contributed by atoms with van der Waals surface area (Å²) in [5.41, 5.74) is 7.36. The zero-order valence-electron chi connectivity index (χ0n) is 12.0. The molecule has 1 aromatic carbocycles. The number of benzene rings is 1. The van der Waals surface area contributed by atoms with Gasteiger partial charge in [-0.25, -0.2) is 0 Å². The van der Waals surface area contributed by atoms with E-state index in [0.717, 1.165) is 17.2 Å². The van der Waals surface area contributed by atoms with E-state index in [2.05, 4.69) is 18.9 Å². The van der Waals surface area contributed by atoms with Crippen LogP contribution in [0, 0.1) is 5.92 Å². The minimum atomic E-state index is -0.431. The van der Waals surface area contributed by atoms with Gasteiger partial charge >= 0.3 is 0 Å². The summed E-state index contributed by atoms with van der Waals surface area (Å²) in [5, 5.41) is 10.3. The fourth-order valence-electron chi connectivity index (χ4n) is 3.18. The van der Waals surface area contributed by atoms with Crippen molar-refractivity contribution in [3.8, 4) is 0 Å². The smallest absolute Gasteiger partial charge is 0.0916 e. The highest BCUT2D eigenvalue weighted by Crippen LogP contribution is 2.28. The van der Waals surface area contributed by atoms with Crippen LogP contribution in [0.4, 0.5) is 5.69 Å². The summed E-state index contributed by atoms with van der Waals surface area (Å²) < 4.78 is 0. The molecule has 3 N–H and O–H groups in total. The van der Waals surface area contributed by atoms with Gasteiger partial charge in [-0.05, 0) is 43.5 Å². The maximum absolute atomic E-state index is 10.3. The topological polar surface area (TPSA) is 49.5 Å². The average molecular weight is 262 g/mol. The van der Waals surface area contributed by atoms with Crippen molar-refractivity contribution in [2.75, 3.05) is 19.3 Å². The molecule has 19 heavy (non-hydrogen) atoms. The monoisotopic (exact) mass is 262 g/mol. The molecule has 3 nitrogen and oxygen atoms in total. The predicted molar refractivity (Wildman–Crippen MR) is 79.9 cm³/mol. The van der Waals surface area contributed by atoms with E-state index in [9.17, 15) is 5.11 Å². The molecule has 3 atom stereocenters. The summed E-state index contributed by atoms with van der Waals surface area (Å²) in [5.74, 6) is 0.734. The van der Waals surface area contributed by atoms with Crippen LogP contribution in [0.1, 0.15) is 44.3 Å². The average Bonchev–Trinajstić information content (AvgIpc) is 2.39. The molecule has 0 aromatic heterocycles. The summed E-state index contributed by atoms with van der Waals surface area (Å²) in [4.78, 5) is 2.32. The molecular formula is C16H26N2O. The van der Waals surface area contributed by atoms with E-state index in [-0.39, 0.29) is 0 Å². The second-order valence-electron chi connectivity index (χ2n) is 5.95. The van der Waals surface area contributed by atoms with Gasteiger partial charge in [-0.3, -0.25) is 0 Å². The lowest BCUT2D eigenvalue weighted by atomic mass is 9.85. The number of anilines is 1. The molecule has 0 spiro atoms. The van der Waals surface area contributed by atoms with Gasteiger partial charge in [0.2, 0.25) is 0 Å². The highest BCUT2D eigenvalue weighted by molar-refractivity contribution is 5.39. The Morgan fingerprint density at radius 3 is 2.53 bits per heavy atom. The zero-order chi connectivity index (χ0) is 13.8. The second kappa shape index (κ2) is 6.40. The van der Waals surface area contributed by atoms with Crippen molar-refractivity contribution in [3.63, 3.8) is 0 Å². The van der Waals surface area contributed by atoms with Crippen molar-refractivity contribution >= 4 is 5.69 Å². The number of aliphatic hydroxyl groups excluding tert-OH is 1. The van der Waals surface area contributed by atoms with Gasteiger partial charge in [-0.2, -0.15) is 0 Å². The fourth-order valence-corrected chi connectivity index (χ4v) is 3.18. The first-order valence-corrected chi connectivity index (χ1v) is 7.31. The molecule has 0 aliphatic heterocycles. The van der Waals surface area contributed by atoms with Crippen LogP contribution in [0.2, 0.25) is 0 Å². The molecule has 2 rings (SSSR count). The van der Waals surface area contributed by atoms with Gasteiger partial charge < -0.3 is 15.7 Å². The molecule has 0 saturated heterocycles. The van der Waals surface area contributed by atoms with Crippen LogP contribution in [0.3, 0.4) is 0 Å². The molecule has 3 unspecified atom stereocenters. The van der Waals surface area contributed by atoms with Crippen molar-refractivity contribution in [1.29, 1.82) is 0 Å². The molecule has 1 saturated carbocycles. The lowest BCUT2D eigenvalue weighted by molar-refractivity contribution is 0.0710. The minimum absolute atomic E-state index is 0.431. The Morgan fingerprint density at radius 2 is 1.89 bits per heavy atom. The van der Waals surface area contributed by atoms with Gasteiger partial charge in [0.05, 0.1) is 6.10 Å². The fraction of sp³-hybridized carbons (Fsp3) is 0.625. The first-order chi connectivity index (χ1) is 9.08. The summed E-state index contributed by atoms with van der Waals surface area (Å²) in [6, 6.07) is 8.14. The van der Waals surface area contributed by atoms with Crippen LogP contribution in [-0.2, 0) is 0 Å². The van der Waals surface area contributed by atoms with Crippen molar-refractivity contribution < 1.29 is 5.11 Å². The van der Waals surface area contributed by atoms with E-state index in [1.165, 1.54) is 25.7 Å². The maximum Gasteiger partial charge on any atom is 0.0916 e. The van der Waals surface area contributed by atoms with E-state index in [1.807, 2.05) is 24.3 Å². The SMILES string of the molecule is CC1CCCCC1N(C)CC(O)c1ccc(N)cc1. The molecule has 1 fully saturated rings. The minimum Gasteiger partial charge on any atom is -0.399 e. The lowest BCUT2D eigenvalue weighted by Gasteiger charge is -2.37. The molecular weight excluding hydrogens is 236 g/mol.